The normalized spacial score (nSPS) is 18.2. The average molecular weight is 476 g/mol. The van der Waals surface area contributed by atoms with E-state index >= 15 is 0 Å². The lowest BCUT2D eigenvalue weighted by Gasteiger charge is -2.29. The van der Waals surface area contributed by atoms with Gasteiger partial charge in [0.2, 0.25) is 6.04 Å². The molecule has 7 nitrogen and oxygen atoms in total. The number of hydrogen-bond donors (Lipinski definition) is 2. The zero-order valence-electron chi connectivity index (χ0n) is 18.0. The fraction of sp³-hybridized carbons (Fsp3) is 0.375. The van der Waals surface area contributed by atoms with E-state index in [1.165, 1.54) is 0 Å². The Morgan fingerprint density at radius 2 is 1.65 bits per heavy atom. The van der Waals surface area contributed by atoms with Crippen molar-refractivity contribution < 1.29 is 37.4 Å². The van der Waals surface area contributed by atoms with Crippen molar-refractivity contribution >= 4 is 18.0 Å². The topological polar surface area (TPSA) is 95.9 Å². The standard InChI is InChI=1S/C24H23F3N2O5/c25-24(26,27)21(22(32)29-11-5-6-14(29)12-20(30)31)28-23(33)34-13-19-17-9-3-1-7-15(17)16-8-2-4-10-18(16)19/h1-4,7-10,14,19,21H,5-6,11-13H2,(H,28,33)(H,30,31)/t14-,21?/m1/s1. The van der Waals surface area contributed by atoms with Crippen LogP contribution < -0.4 is 5.32 Å². The molecule has 0 saturated carbocycles. The van der Waals surface area contributed by atoms with Gasteiger partial charge in [-0.3, -0.25) is 9.59 Å². The van der Waals surface area contributed by atoms with Crippen molar-refractivity contribution in [2.24, 2.45) is 0 Å². The molecule has 2 aromatic carbocycles. The molecule has 10 heteroatoms. The quantitative estimate of drug-likeness (QED) is 0.659. The first-order valence-electron chi connectivity index (χ1n) is 10.9. The van der Waals surface area contributed by atoms with Gasteiger partial charge < -0.3 is 20.1 Å². The Kier molecular flexibility index (Phi) is 6.49. The molecule has 1 aliphatic carbocycles. The van der Waals surface area contributed by atoms with E-state index in [1.54, 1.807) is 5.32 Å². The molecule has 1 unspecified atom stereocenters. The van der Waals surface area contributed by atoms with Gasteiger partial charge in [0.05, 0.1) is 6.42 Å². The summed E-state index contributed by atoms with van der Waals surface area (Å²) in [5.74, 6) is -2.95. The number of hydrogen-bond acceptors (Lipinski definition) is 4. The molecule has 0 bridgehead atoms. The first kappa shape index (κ1) is 23.6. The van der Waals surface area contributed by atoms with Gasteiger partial charge >= 0.3 is 18.2 Å². The minimum absolute atomic E-state index is 0.00424. The Labute approximate surface area is 193 Å². The van der Waals surface area contributed by atoms with Crippen molar-refractivity contribution in [1.82, 2.24) is 10.2 Å². The second kappa shape index (κ2) is 9.36. The molecule has 2 atom stereocenters. The Bertz CT molecular complexity index is 1060. The van der Waals surface area contributed by atoms with Crippen LogP contribution in [0.25, 0.3) is 11.1 Å². The van der Waals surface area contributed by atoms with Gasteiger partial charge in [0.15, 0.2) is 0 Å². The number of carboxylic acids is 1. The maximum absolute atomic E-state index is 13.7. The SMILES string of the molecule is O=C(O)C[C@H]1CCCN1C(=O)C(NC(=O)OCC1c2ccccc2-c2ccccc21)C(F)(F)F. The smallest absolute Gasteiger partial charge is 0.417 e. The summed E-state index contributed by atoms with van der Waals surface area (Å²) >= 11 is 0. The molecule has 34 heavy (non-hydrogen) atoms. The van der Waals surface area contributed by atoms with E-state index in [0.717, 1.165) is 27.2 Å². The first-order chi connectivity index (χ1) is 16.2. The van der Waals surface area contributed by atoms with E-state index in [1.807, 2.05) is 48.5 Å². The molecule has 1 saturated heterocycles. The number of benzene rings is 2. The van der Waals surface area contributed by atoms with Crippen LogP contribution in [0.3, 0.4) is 0 Å². The Hall–Kier alpha value is -3.56. The summed E-state index contributed by atoms with van der Waals surface area (Å²) in [6.07, 6.45) is -6.22. The lowest BCUT2D eigenvalue weighted by atomic mass is 9.98. The van der Waals surface area contributed by atoms with Crippen LogP contribution >= 0.6 is 0 Å². The number of halogens is 3. The number of nitrogens with one attached hydrogen (secondary N) is 1. The van der Waals surface area contributed by atoms with E-state index in [4.69, 9.17) is 9.84 Å². The number of carbonyl (C=O) groups excluding carboxylic acids is 2. The van der Waals surface area contributed by atoms with Gasteiger partial charge in [0.25, 0.3) is 5.91 Å². The highest BCUT2D eigenvalue weighted by molar-refractivity contribution is 5.87. The third kappa shape index (κ3) is 4.71. The number of ether oxygens (including phenoxy) is 1. The van der Waals surface area contributed by atoms with E-state index in [-0.39, 0.29) is 25.5 Å². The van der Waals surface area contributed by atoms with Crippen molar-refractivity contribution in [3.63, 3.8) is 0 Å². The Morgan fingerprint density at radius 1 is 1.06 bits per heavy atom. The number of fused-ring (bicyclic) bond motifs is 3. The summed E-state index contributed by atoms with van der Waals surface area (Å²) < 4.78 is 46.2. The van der Waals surface area contributed by atoms with E-state index in [0.29, 0.717) is 6.42 Å². The van der Waals surface area contributed by atoms with E-state index in [9.17, 15) is 27.6 Å². The summed E-state index contributed by atoms with van der Waals surface area (Å²) in [5.41, 5.74) is 3.73. The summed E-state index contributed by atoms with van der Waals surface area (Å²) in [4.78, 5) is 36.9. The van der Waals surface area contributed by atoms with Crippen molar-refractivity contribution in [2.45, 2.75) is 43.4 Å². The molecular weight excluding hydrogens is 453 g/mol. The second-order valence-electron chi connectivity index (χ2n) is 8.37. The largest absolute Gasteiger partial charge is 0.481 e. The predicted molar refractivity (Wildman–Crippen MR) is 115 cm³/mol. The van der Waals surface area contributed by atoms with Crippen molar-refractivity contribution in [1.29, 1.82) is 0 Å². The van der Waals surface area contributed by atoms with Gasteiger partial charge in [-0.15, -0.1) is 0 Å². The third-order valence-corrected chi connectivity index (χ3v) is 6.25. The number of aliphatic carboxylic acids is 1. The fourth-order valence-electron chi connectivity index (χ4n) is 4.75. The lowest BCUT2D eigenvalue weighted by molar-refractivity contribution is -0.175. The van der Waals surface area contributed by atoms with E-state index in [2.05, 4.69) is 0 Å². The van der Waals surface area contributed by atoms with Crippen molar-refractivity contribution in [2.75, 3.05) is 13.2 Å². The number of rotatable bonds is 6. The van der Waals surface area contributed by atoms with Gasteiger partial charge in [0, 0.05) is 18.5 Å². The minimum atomic E-state index is -5.07. The molecule has 2 N–H and O–H groups in total. The number of nitrogens with zero attached hydrogens (tertiary/aromatic N) is 1. The fourth-order valence-corrected chi connectivity index (χ4v) is 4.75. The summed E-state index contributed by atoms with van der Waals surface area (Å²) in [6, 6.07) is 11.4. The van der Waals surface area contributed by atoms with Crippen LogP contribution in [0.4, 0.5) is 18.0 Å². The minimum Gasteiger partial charge on any atom is -0.481 e. The lowest BCUT2D eigenvalue weighted by Crippen LogP contribution is -2.57. The highest BCUT2D eigenvalue weighted by Crippen LogP contribution is 2.44. The molecule has 1 fully saturated rings. The first-order valence-corrected chi connectivity index (χ1v) is 10.9. The van der Waals surface area contributed by atoms with Crippen molar-refractivity contribution in [3.05, 3.63) is 59.7 Å². The number of amides is 2. The highest BCUT2D eigenvalue weighted by atomic mass is 19.4. The molecule has 0 spiro atoms. The van der Waals surface area contributed by atoms with Crippen LogP contribution in [0.1, 0.15) is 36.3 Å². The third-order valence-electron chi connectivity index (χ3n) is 6.25. The second-order valence-corrected chi connectivity index (χ2v) is 8.37. The molecule has 0 radical (unpaired) electrons. The van der Waals surface area contributed by atoms with Crippen LogP contribution in [0, 0.1) is 0 Å². The summed E-state index contributed by atoms with van der Waals surface area (Å²) in [5, 5.41) is 10.6. The number of carboxylic acid groups (broad SMARTS) is 1. The summed E-state index contributed by atoms with van der Waals surface area (Å²) in [7, 11) is 0. The number of carbonyl (C=O) groups is 3. The highest BCUT2D eigenvalue weighted by Gasteiger charge is 2.50. The Morgan fingerprint density at radius 3 is 2.21 bits per heavy atom. The van der Waals surface area contributed by atoms with Crippen LogP contribution in [-0.2, 0) is 14.3 Å². The zero-order chi connectivity index (χ0) is 24.5. The molecule has 2 aromatic rings. The molecule has 1 heterocycles. The average Bonchev–Trinajstić information content (AvgIpc) is 3.37. The maximum atomic E-state index is 13.7. The summed E-state index contributed by atoms with van der Waals surface area (Å²) in [6.45, 7) is -0.209. The van der Waals surface area contributed by atoms with Gasteiger partial charge in [-0.05, 0) is 35.1 Å². The molecule has 180 valence electrons. The molecule has 0 aromatic heterocycles. The molecule has 4 rings (SSSR count). The number of likely N-dealkylation sites (tertiary alicyclic amines) is 1. The number of alkyl halides is 3. The van der Waals surface area contributed by atoms with Crippen molar-refractivity contribution in [3.8, 4) is 11.1 Å². The predicted octanol–water partition coefficient (Wildman–Crippen LogP) is 3.92. The van der Waals surface area contributed by atoms with Gasteiger partial charge in [-0.25, -0.2) is 4.79 Å². The van der Waals surface area contributed by atoms with Crippen LogP contribution in [0.15, 0.2) is 48.5 Å². The molecule has 2 aliphatic rings. The molecule has 1 aliphatic heterocycles. The van der Waals surface area contributed by atoms with Gasteiger partial charge in [-0.1, -0.05) is 48.5 Å². The zero-order valence-corrected chi connectivity index (χ0v) is 18.0. The van der Waals surface area contributed by atoms with E-state index < -0.39 is 42.7 Å². The monoisotopic (exact) mass is 476 g/mol. The van der Waals surface area contributed by atoms with Gasteiger partial charge in [0.1, 0.15) is 6.61 Å². The van der Waals surface area contributed by atoms with Crippen LogP contribution in [0.2, 0.25) is 0 Å². The van der Waals surface area contributed by atoms with Crippen LogP contribution in [0.5, 0.6) is 0 Å². The number of alkyl carbamates (subject to hydrolysis) is 1. The maximum Gasteiger partial charge on any atom is 0.417 e. The van der Waals surface area contributed by atoms with Gasteiger partial charge in [-0.2, -0.15) is 13.2 Å². The molecule has 2 amide bonds. The van der Waals surface area contributed by atoms with Crippen LogP contribution in [-0.4, -0.2) is 59.4 Å². The Balaban J connectivity index is 1.45. The molecular formula is C24H23F3N2O5.